The van der Waals surface area contributed by atoms with E-state index in [1.165, 1.54) is 0 Å². The molecular formula is C35H24B2N6S2. The first-order valence-corrected chi connectivity index (χ1v) is 16.4. The number of nitrogens with zero attached hydrogens (tertiary/aromatic N) is 6. The van der Waals surface area contributed by atoms with Gasteiger partial charge < -0.3 is 8.96 Å². The third kappa shape index (κ3) is 3.86. The Kier molecular flexibility index (Phi) is 6.21. The predicted molar refractivity (Wildman–Crippen MR) is 192 cm³/mol. The maximum absolute atomic E-state index is 10.7. The van der Waals surface area contributed by atoms with Gasteiger partial charge in [-0.05, 0) is 36.2 Å². The van der Waals surface area contributed by atoms with Crippen molar-refractivity contribution in [3.05, 3.63) is 105 Å². The van der Waals surface area contributed by atoms with Crippen LogP contribution in [-0.2, 0) is 6.42 Å². The Hall–Kier alpha value is -5.15. The van der Waals surface area contributed by atoms with Crippen molar-refractivity contribution in [2.24, 2.45) is 0 Å². The second-order valence-electron chi connectivity index (χ2n) is 11.2. The number of aryl methyl sites for hydroxylation is 2. The number of nitriles is 2. The number of hydrogen-bond acceptors (Lipinski definition) is 6. The Morgan fingerprint density at radius 1 is 0.711 bits per heavy atom. The predicted octanol–water partition coefficient (Wildman–Crippen LogP) is 5.08. The first-order chi connectivity index (χ1) is 21.9. The zero-order chi connectivity index (χ0) is 31.0. The van der Waals surface area contributed by atoms with Gasteiger partial charge in [-0.15, -0.1) is 22.7 Å². The lowest BCUT2D eigenvalue weighted by Gasteiger charge is -2.06. The van der Waals surface area contributed by atoms with Crippen LogP contribution >= 0.6 is 22.7 Å². The van der Waals surface area contributed by atoms with Crippen molar-refractivity contribution in [2.45, 2.75) is 20.3 Å². The fraction of sp³-hybridized carbons (Fsp3) is 0.0857. The lowest BCUT2D eigenvalue weighted by molar-refractivity contribution is 0.992. The lowest BCUT2D eigenvalue weighted by Crippen LogP contribution is -2.24. The van der Waals surface area contributed by atoms with Crippen LogP contribution in [0.15, 0.2) is 72.8 Å². The van der Waals surface area contributed by atoms with Crippen molar-refractivity contribution >= 4 is 103 Å². The zero-order valence-electron chi connectivity index (χ0n) is 25.1. The quantitative estimate of drug-likeness (QED) is 0.260. The second-order valence-corrected chi connectivity index (χ2v) is 13.3. The minimum absolute atomic E-state index is 0.540. The van der Waals surface area contributed by atoms with Gasteiger partial charge in [0.15, 0.2) is 0 Å². The molecule has 0 unspecified atom stereocenters. The van der Waals surface area contributed by atoms with Gasteiger partial charge in [0.25, 0.3) is 0 Å². The minimum atomic E-state index is 0.540. The summed E-state index contributed by atoms with van der Waals surface area (Å²) in [5.41, 5.74) is 4.96. The largest absolute Gasteiger partial charge is 0.395 e. The fourth-order valence-electron chi connectivity index (χ4n) is 6.78. The van der Waals surface area contributed by atoms with Crippen LogP contribution in [0, 0.1) is 29.6 Å². The van der Waals surface area contributed by atoms with E-state index in [0.717, 1.165) is 81.3 Å². The van der Waals surface area contributed by atoms with Crippen LogP contribution in [0.4, 0.5) is 0 Å². The molecule has 0 aliphatic rings. The number of thiazole rings is 2. The van der Waals surface area contributed by atoms with Crippen LogP contribution in [0.25, 0.3) is 63.9 Å². The fourth-order valence-corrected chi connectivity index (χ4v) is 8.74. The molecule has 0 saturated carbocycles. The molecule has 0 radical (unpaired) electrons. The molecular weight excluding hydrogens is 590 g/mol. The normalized spacial score (nSPS) is 13.2. The van der Waals surface area contributed by atoms with Gasteiger partial charge in [-0.3, -0.25) is 0 Å². The van der Waals surface area contributed by atoms with Crippen LogP contribution in [-0.4, -0.2) is 34.9 Å². The van der Waals surface area contributed by atoms with Crippen molar-refractivity contribution in [3.8, 4) is 12.1 Å². The molecule has 4 aromatic carbocycles. The van der Waals surface area contributed by atoms with Crippen LogP contribution < -0.4 is 10.7 Å². The Balaban J connectivity index is 1.48. The number of rotatable bonds is 3. The van der Waals surface area contributed by atoms with Gasteiger partial charge in [0.1, 0.15) is 33.3 Å². The number of hydrogen-bond donors (Lipinski definition) is 0. The Morgan fingerprint density at radius 3 is 1.69 bits per heavy atom. The summed E-state index contributed by atoms with van der Waals surface area (Å²) < 4.78 is 6.32. The summed E-state index contributed by atoms with van der Waals surface area (Å²) in [4.78, 5) is 10.1. The van der Waals surface area contributed by atoms with E-state index in [0.29, 0.717) is 21.2 Å². The molecule has 0 N–H and O–H groups in total. The summed E-state index contributed by atoms with van der Waals surface area (Å²) >= 11 is 3.09. The monoisotopic (exact) mass is 614 g/mol. The summed E-state index contributed by atoms with van der Waals surface area (Å²) in [6.07, 6.45) is 0.732. The molecule has 8 aromatic rings. The van der Waals surface area contributed by atoms with Crippen molar-refractivity contribution < 1.29 is 0 Å². The SMILES string of the molecule is Bn1c(C)c2/c(=C(\C#N)c3nc4c(ccc5ccccc54)s3)n(B)c(CC)c2/c1=C(\C#N)c1nc2c(ccc3ccccc32)s1. The van der Waals surface area contributed by atoms with Gasteiger partial charge in [-0.1, -0.05) is 67.6 Å². The molecule has 212 valence electrons. The number of benzene rings is 4. The summed E-state index contributed by atoms with van der Waals surface area (Å²) in [5, 5.41) is 30.8. The van der Waals surface area contributed by atoms with Gasteiger partial charge >= 0.3 is 0 Å². The molecule has 6 nitrogen and oxygen atoms in total. The Bertz CT molecular complexity index is 2630. The first kappa shape index (κ1) is 27.4. The maximum Gasteiger partial charge on any atom is 0.223 e. The molecule has 0 saturated heterocycles. The number of fused-ring (bicyclic) bond motifs is 7. The third-order valence-corrected chi connectivity index (χ3v) is 11.1. The van der Waals surface area contributed by atoms with Gasteiger partial charge in [-0.25, -0.2) is 9.97 Å². The molecule has 45 heavy (non-hydrogen) atoms. The van der Waals surface area contributed by atoms with Crippen LogP contribution in [0.5, 0.6) is 0 Å². The van der Waals surface area contributed by atoms with Crippen LogP contribution in [0.2, 0.25) is 0 Å². The summed E-state index contributed by atoms with van der Waals surface area (Å²) in [6.45, 7) is 4.19. The van der Waals surface area contributed by atoms with Gasteiger partial charge in [0, 0.05) is 32.9 Å². The van der Waals surface area contributed by atoms with Crippen molar-refractivity contribution in [2.75, 3.05) is 0 Å². The van der Waals surface area contributed by atoms with E-state index in [1.54, 1.807) is 22.7 Å². The van der Waals surface area contributed by atoms with Crippen molar-refractivity contribution in [3.63, 3.8) is 0 Å². The molecule has 4 aromatic heterocycles. The van der Waals surface area contributed by atoms with E-state index in [9.17, 15) is 10.5 Å². The second kappa shape index (κ2) is 10.2. The molecule has 0 aliphatic carbocycles. The molecule has 0 atom stereocenters. The standard InChI is InChI=1S/C35H24B2N6S2/c1-3-25-29-28(32(43(25)37)23(16-38)34-40-30-21-10-6-4-8-19(21)12-14-26(30)44-34)18(2)42(36)33(29)24(17-39)35-41-31-22-11-7-5-9-20(22)13-15-27(31)45-35/h4-15H,3,36-37H2,1-2H3/b32-23-,33-24-. The molecule has 0 spiro atoms. The summed E-state index contributed by atoms with van der Waals surface area (Å²) in [6, 6.07) is 29.9. The van der Waals surface area contributed by atoms with Crippen molar-refractivity contribution in [1.82, 2.24) is 18.9 Å². The topological polar surface area (TPSA) is 83.2 Å². The highest BCUT2D eigenvalue weighted by Crippen LogP contribution is 2.34. The van der Waals surface area contributed by atoms with E-state index >= 15 is 0 Å². The molecule has 0 bridgehead atoms. The smallest absolute Gasteiger partial charge is 0.223 e. The van der Waals surface area contributed by atoms with Gasteiger partial charge in [0.2, 0.25) is 16.0 Å². The van der Waals surface area contributed by atoms with E-state index in [4.69, 9.17) is 9.97 Å². The third-order valence-electron chi connectivity index (χ3n) is 8.98. The highest BCUT2D eigenvalue weighted by Gasteiger charge is 2.24. The highest BCUT2D eigenvalue weighted by atomic mass is 32.1. The average molecular weight is 614 g/mol. The average Bonchev–Trinajstić information content (AvgIpc) is 3.82. The van der Waals surface area contributed by atoms with Gasteiger partial charge in [0.05, 0.1) is 31.1 Å². The van der Waals surface area contributed by atoms with Crippen molar-refractivity contribution in [1.29, 1.82) is 10.5 Å². The van der Waals surface area contributed by atoms with E-state index in [1.807, 2.05) is 40.2 Å². The molecule has 0 aliphatic heterocycles. The summed E-state index contributed by atoms with van der Waals surface area (Å²) in [7, 11) is 4.02. The van der Waals surface area contributed by atoms with E-state index in [-0.39, 0.29) is 0 Å². The first-order valence-electron chi connectivity index (χ1n) is 14.7. The molecule has 10 heteroatoms. The zero-order valence-corrected chi connectivity index (χ0v) is 26.8. The highest BCUT2D eigenvalue weighted by molar-refractivity contribution is 7.20. The van der Waals surface area contributed by atoms with E-state index < -0.39 is 0 Å². The molecule has 0 fully saturated rings. The van der Waals surface area contributed by atoms with Gasteiger partial charge in [-0.2, -0.15) is 10.5 Å². The minimum Gasteiger partial charge on any atom is -0.395 e. The van der Waals surface area contributed by atoms with E-state index in [2.05, 4.69) is 83.5 Å². The summed E-state index contributed by atoms with van der Waals surface area (Å²) in [5.74, 6) is 0. The Morgan fingerprint density at radius 2 is 1.20 bits per heavy atom. The maximum atomic E-state index is 10.7. The number of aromatic nitrogens is 4. The Labute approximate surface area is 268 Å². The molecule has 8 rings (SSSR count). The molecule has 0 amide bonds. The van der Waals surface area contributed by atoms with Crippen LogP contribution in [0.3, 0.4) is 0 Å². The molecule has 4 heterocycles. The lowest BCUT2D eigenvalue weighted by atomic mass is 10.1. The van der Waals surface area contributed by atoms with Crippen LogP contribution in [0.1, 0.15) is 28.3 Å².